The first-order valence-electron chi connectivity index (χ1n) is 6.03. The lowest BCUT2D eigenvalue weighted by Crippen LogP contribution is -1.90. The Kier molecular flexibility index (Phi) is 2.75. The molecule has 21 heavy (non-hydrogen) atoms. The second-order valence-electron chi connectivity index (χ2n) is 4.41. The van der Waals surface area contributed by atoms with Gasteiger partial charge in [0.15, 0.2) is 11.5 Å². The summed E-state index contributed by atoms with van der Waals surface area (Å²) in [5.41, 5.74) is 0.644. The van der Waals surface area contributed by atoms with Crippen molar-refractivity contribution in [1.29, 1.82) is 10.5 Å². The van der Waals surface area contributed by atoms with E-state index in [1.165, 1.54) is 0 Å². The van der Waals surface area contributed by atoms with Gasteiger partial charge in [-0.25, -0.2) is 0 Å². The molecule has 1 heterocycles. The van der Waals surface area contributed by atoms with Crippen LogP contribution in [0.1, 0.15) is 11.1 Å². The van der Waals surface area contributed by atoms with Gasteiger partial charge in [-0.1, -0.05) is 18.2 Å². The fourth-order valence-electron chi connectivity index (χ4n) is 2.22. The van der Waals surface area contributed by atoms with E-state index >= 15 is 0 Å². The lowest BCUT2D eigenvalue weighted by atomic mass is 9.98. The quantitative estimate of drug-likeness (QED) is 0.664. The lowest BCUT2D eigenvalue weighted by molar-refractivity contribution is 0.402. The Balaban J connectivity index is 2.39. The molecule has 0 amide bonds. The molecule has 0 aliphatic heterocycles. The van der Waals surface area contributed by atoms with Crippen LogP contribution < -0.4 is 0 Å². The minimum atomic E-state index is -0.563. The summed E-state index contributed by atoms with van der Waals surface area (Å²) in [5, 5.41) is 38.6. The van der Waals surface area contributed by atoms with E-state index in [2.05, 4.69) is 0 Å². The summed E-state index contributed by atoms with van der Waals surface area (Å²) in [7, 11) is 0. The number of hydrogen-bond acceptors (Lipinski definition) is 5. The van der Waals surface area contributed by atoms with Gasteiger partial charge in [0.05, 0.1) is 11.1 Å². The zero-order valence-corrected chi connectivity index (χ0v) is 10.7. The van der Waals surface area contributed by atoms with Gasteiger partial charge in [0.1, 0.15) is 29.0 Å². The van der Waals surface area contributed by atoms with Crippen LogP contribution >= 0.6 is 0 Å². The average Bonchev–Trinajstić information content (AvgIpc) is 2.92. The highest BCUT2D eigenvalue weighted by atomic mass is 16.3. The highest BCUT2D eigenvalue weighted by Crippen LogP contribution is 2.40. The number of phenols is 2. The summed E-state index contributed by atoms with van der Waals surface area (Å²) in [6.45, 7) is 0. The predicted octanol–water partition coefficient (Wildman–Crippen LogP) is 3.25. The van der Waals surface area contributed by atoms with Gasteiger partial charge in [0.25, 0.3) is 0 Å². The molecule has 0 bridgehead atoms. The number of para-hydroxylation sites is 1. The molecule has 1 aromatic heterocycles. The summed E-state index contributed by atoms with van der Waals surface area (Å²) < 4.78 is 5.64. The third kappa shape index (κ3) is 1.85. The van der Waals surface area contributed by atoms with Crippen molar-refractivity contribution in [1.82, 2.24) is 0 Å². The van der Waals surface area contributed by atoms with Crippen molar-refractivity contribution in [3.05, 3.63) is 47.5 Å². The molecule has 0 aliphatic rings. The largest absolute Gasteiger partial charge is 0.504 e. The van der Waals surface area contributed by atoms with Crippen molar-refractivity contribution in [3.63, 3.8) is 0 Å². The number of nitriles is 2. The van der Waals surface area contributed by atoms with Gasteiger partial charge in [-0.05, 0) is 12.1 Å². The molecule has 100 valence electrons. The second kappa shape index (κ2) is 4.59. The number of hydrogen-bond donors (Lipinski definition) is 2. The number of phenolic OH excluding ortho intramolecular Hbond substituents is 2. The molecule has 5 heteroatoms. The number of furan rings is 1. The monoisotopic (exact) mass is 276 g/mol. The number of aromatic hydroxyl groups is 2. The number of benzene rings is 2. The van der Waals surface area contributed by atoms with E-state index in [-0.39, 0.29) is 16.7 Å². The standard InChI is InChI=1S/C16H8N2O3/c17-7-10-5-12(19)16(20)11(8-18)15(10)14-6-9-3-1-2-4-13(9)21-14/h1-6,19-20H. The average molecular weight is 276 g/mol. The molecular weight excluding hydrogens is 268 g/mol. The molecule has 5 nitrogen and oxygen atoms in total. The van der Waals surface area contributed by atoms with Crippen LogP contribution in [0.25, 0.3) is 22.3 Å². The molecular formula is C16H8N2O3. The molecule has 2 aromatic carbocycles. The fraction of sp³-hybridized carbons (Fsp3) is 0. The number of fused-ring (bicyclic) bond motifs is 1. The van der Waals surface area contributed by atoms with Crippen LogP contribution in [0.3, 0.4) is 0 Å². The highest BCUT2D eigenvalue weighted by molar-refractivity contribution is 5.87. The van der Waals surface area contributed by atoms with Crippen LogP contribution in [-0.4, -0.2) is 10.2 Å². The summed E-state index contributed by atoms with van der Waals surface area (Å²) in [6.07, 6.45) is 0. The Morgan fingerprint density at radius 2 is 1.76 bits per heavy atom. The molecule has 0 atom stereocenters. The SMILES string of the molecule is N#Cc1cc(O)c(O)c(C#N)c1-c1cc2ccccc2o1. The second-order valence-corrected chi connectivity index (χ2v) is 4.41. The molecule has 0 saturated carbocycles. The molecule has 2 N–H and O–H groups in total. The van der Waals surface area contributed by atoms with E-state index < -0.39 is 11.5 Å². The van der Waals surface area contributed by atoms with Gasteiger partial charge >= 0.3 is 0 Å². The molecule has 3 aromatic rings. The van der Waals surface area contributed by atoms with Gasteiger partial charge in [0, 0.05) is 11.5 Å². The first kappa shape index (κ1) is 12.6. The Hall–Kier alpha value is -3.44. The Morgan fingerprint density at radius 3 is 2.43 bits per heavy atom. The van der Waals surface area contributed by atoms with Gasteiger partial charge < -0.3 is 14.6 Å². The number of rotatable bonds is 1. The molecule has 0 aliphatic carbocycles. The van der Waals surface area contributed by atoms with Gasteiger partial charge in [-0.15, -0.1) is 0 Å². The van der Waals surface area contributed by atoms with E-state index in [9.17, 15) is 20.7 Å². The van der Waals surface area contributed by atoms with Crippen molar-refractivity contribution in [3.8, 4) is 35.0 Å². The van der Waals surface area contributed by atoms with Crippen molar-refractivity contribution in [2.24, 2.45) is 0 Å². The van der Waals surface area contributed by atoms with Crippen molar-refractivity contribution in [2.75, 3.05) is 0 Å². The maximum Gasteiger partial charge on any atom is 0.176 e. The third-order valence-electron chi connectivity index (χ3n) is 3.18. The van der Waals surface area contributed by atoms with Crippen LogP contribution in [0.2, 0.25) is 0 Å². The van der Waals surface area contributed by atoms with E-state index in [1.807, 2.05) is 18.2 Å². The summed E-state index contributed by atoms with van der Waals surface area (Å²) in [6, 6.07) is 13.7. The van der Waals surface area contributed by atoms with Crippen LogP contribution in [0, 0.1) is 22.7 Å². The Labute approximate surface area is 119 Å². The van der Waals surface area contributed by atoms with E-state index in [0.717, 1.165) is 11.5 Å². The topological polar surface area (TPSA) is 101 Å². The minimum Gasteiger partial charge on any atom is -0.504 e. The van der Waals surface area contributed by atoms with E-state index in [0.29, 0.717) is 11.3 Å². The molecule has 0 fully saturated rings. The normalized spacial score (nSPS) is 10.2. The zero-order valence-electron chi connectivity index (χ0n) is 10.7. The summed E-state index contributed by atoms with van der Waals surface area (Å²) >= 11 is 0. The van der Waals surface area contributed by atoms with Gasteiger partial charge in [0.2, 0.25) is 0 Å². The van der Waals surface area contributed by atoms with Crippen LogP contribution in [0.15, 0.2) is 40.8 Å². The third-order valence-corrected chi connectivity index (χ3v) is 3.18. The maximum absolute atomic E-state index is 9.81. The van der Waals surface area contributed by atoms with Gasteiger partial charge in [-0.3, -0.25) is 0 Å². The van der Waals surface area contributed by atoms with Crippen LogP contribution in [-0.2, 0) is 0 Å². The van der Waals surface area contributed by atoms with E-state index in [4.69, 9.17) is 4.42 Å². The van der Waals surface area contributed by atoms with Crippen molar-refractivity contribution >= 4 is 11.0 Å². The first-order chi connectivity index (χ1) is 10.2. The van der Waals surface area contributed by atoms with Crippen molar-refractivity contribution < 1.29 is 14.6 Å². The Bertz CT molecular complexity index is 910. The zero-order chi connectivity index (χ0) is 15.0. The van der Waals surface area contributed by atoms with Crippen LogP contribution in [0.5, 0.6) is 11.5 Å². The number of nitrogens with zero attached hydrogens (tertiary/aromatic N) is 2. The molecule has 0 saturated heterocycles. The van der Waals surface area contributed by atoms with Crippen molar-refractivity contribution in [2.45, 2.75) is 0 Å². The first-order valence-corrected chi connectivity index (χ1v) is 6.03. The maximum atomic E-state index is 9.81. The smallest absolute Gasteiger partial charge is 0.176 e. The molecule has 0 unspecified atom stereocenters. The fourth-order valence-corrected chi connectivity index (χ4v) is 2.22. The molecule has 0 radical (unpaired) electrons. The van der Waals surface area contributed by atoms with E-state index in [1.54, 1.807) is 24.3 Å². The lowest BCUT2D eigenvalue weighted by Gasteiger charge is -2.07. The Morgan fingerprint density at radius 1 is 1.00 bits per heavy atom. The predicted molar refractivity (Wildman–Crippen MR) is 74.4 cm³/mol. The summed E-state index contributed by atoms with van der Waals surface area (Å²) in [5.74, 6) is -0.783. The summed E-state index contributed by atoms with van der Waals surface area (Å²) in [4.78, 5) is 0. The molecule has 3 rings (SSSR count). The minimum absolute atomic E-state index is 0.0564. The molecule has 0 spiro atoms. The van der Waals surface area contributed by atoms with Gasteiger partial charge in [-0.2, -0.15) is 10.5 Å². The highest BCUT2D eigenvalue weighted by Gasteiger charge is 2.21. The van der Waals surface area contributed by atoms with Crippen LogP contribution in [0.4, 0.5) is 0 Å².